The lowest BCUT2D eigenvalue weighted by Crippen LogP contribution is -2.34. The number of halogens is 1. The van der Waals surface area contributed by atoms with E-state index in [1.165, 1.54) is 17.7 Å². The third kappa shape index (κ3) is 2.11. The quantitative estimate of drug-likeness (QED) is 0.770. The van der Waals surface area contributed by atoms with Crippen molar-refractivity contribution < 1.29 is 4.39 Å². The fourth-order valence-corrected chi connectivity index (χ4v) is 2.19. The number of anilines is 1. The van der Waals surface area contributed by atoms with E-state index in [4.69, 9.17) is 11.5 Å². The van der Waals surface area contributed by atoms with Crippen molar-refractivity contribution in [3.63, 3.8) is 0 Å². The van der Waals surface area contributed by atoms with Gasteiger partial charge in [-0.05, 0) is 37.1 Å². The maximum Gasteiger partial charge on any atom is 0.123 e. The number of allylic oxidation sites excluding steroid dienone is 3. The standard InChI is InChI=1S/C14H17FN2/c1-10-4-6-14(9-16,7-5-10)12-8-11(15)2-3-13(12)17/h2-6,8H,7,9,16-17H2,1H3. The van der Waals surface area contributed by atoms with Crippen LogP contribution < -0.4 is 11.5 Å². The highest BCUT2D eigenvalue weighted by molar-refractivity contribution is 5.54. The normalized spacial score (nSPS) is 23.6. The van der Waals surface area contributed by atoms with Crippen LogP contribution in [0, 0.1) is 5.82 Å². The first kappa shape index (κ1) is 11.9. The molecule has 0 saturated heterocycles. The molecule has 1 unspecified atom stereocenters. The molecule has 1 aromatic rings. The van der Waals surface area contributed by atoms with E-state index < -0.39 is 0 Å². The average molecular weight is 232 g/mol. The Labute approximate surface area is 101 Å². The minimum absolute atomic E-state index is 0.276. The van der Waals surface area contributed by atoms with Gasteiger partial charge < -0.3 is 11.5 Å². The highest BCUT2D eigenvalue weighted by Gasteiger charge is 2.30. The molecule has 0 aliphatic heterocycles. The summed E-state index contributed by atoms with van der Waals surface area (Å²) in [4.78, 5) is 0. The molecular weight excluding hydrogens is 215 g/mol. The number of hydrogen-bond acceptors (Lipinski definition) is 2. The van der Waals surface area contributed by atoms with E-state index in [-0.39, 0.29) is 11.2 Å². The predicted octanol–water partition coefficient (Wildman–Crippen LogP) is 2.51. The summed E-state index contributed by atoms with van der Waals surface area (Å²) in [7, 11) is 0. The molecule has 2 rings (SSSR count). The van der Waals surface area contributed by atoms with Crippen molar-refractivity contribution in [3.05, 3.63) is 53.4 Å². The third-order valence-corrected chi connectivity index (χ3v) is 3.37. The third-order valence-electron chi connectivity index (χ3n) is 3.37. The highest BCUT2D eigenvalue weighted by atomic mass is 19.1. The molecule has 0 heterocycles. The van der Waals surface area contributed by atoms with Gasteiger partial charge >= 0.3 is 0 Å². The summed E-state index contributed by atoms with van der Waals surface area (Å²) in [6.07, 6.45) is 6.92. The van der Waals surface area contributed by atoms with E-state index in [1.807, 2.05) is 19.1 Å². The Morgan fingerprint density at radius 2 is 2.18 bits per heavy atom. The molecule has 1 aliphatic rings. The van der Waals surface area contributed by atoms with Crippen LogP contribution in [0.15, 0.2) is 42.0 Å². The molecule has 0 saturated carbocycles. The number of hydrogen-bond donors (Lipinski definition) is 2. The number of nitrogen functional groups attached to an aromatic ring is 1. The van der Waals surface area contributed by atoms with Crippen molar-refractivity contribution in [2.75, 3.05) is 12.3 Å². The van der Waals surface area contributed by atoms with E-state index in [2.05, 4.69) is 6.08 Å². The largest absolute Gasteiger partial charge is 0.398 e. The predicted molar refractivity (Wildman–Crippen MR) is 69.1 cm³/mol. The lowest BCUT2D eigenvalue weighted by Gasteiger charge is -2.32. The lowest BCUT2D eigenvalue weighted by molar-refractivity contribution is 0.541. The van der Waals surface area contributed by atoms with Crippen molar-refractivity contribution in [2.45, 2.75) is 18.8 Å². The highest BCUT2D eigenvalue weighted by Crippen LogP contribution is 2.36. The van der Waals surface area contributed by atoms with E-state index in [0.717, 1.165) is 12.0 Å². The molecule has 0 amide bonds. The summed E-state index contributed by atoms with van der Waals surface area (Å²) < 4.78 is 13.3. The molecular formula is C14H17FN2. The van der Waals surface area contributed by atoms with Crippen molar-refractivity contribution in [2.24, 2.45) is 5.73 Å². The summed E-state index contributed by atoms with van der Waals surface area (Å²) in [5.41, 5.74) is 14.0. The van der Waals surface area contributed by atoms with Crippen molar-refractivity contribution in [3.8, 4) is 0 Å². The summed E-state index contributed by atoms with van der Waals surface area (Å²) in [6, 6.07) is 4.46. The van der Waals surface area contributed by atoms with Gasteiger partial charge in [-0.15, -0.1) is 0 Å². The van der Waals surface area contributed by atoms with Gasteiger partial charge in [-0.3, -0.25) is 0 Å². The molecule has 1 aliphatic carbocycles. The Hall–Kier alpha value is -1.61. The number of rotatable bonds is 2. The molecule has 3 heteroatoms. The minimum Gasteiger partial charge on any atom is -0.398 e. The van der Waals surface area contributed by atoms with E-state index >= 15 is 0 Å². The fourth-order valence-electron chi connectivity index (χ4n) is 2.19. The first-order valence-electron chi connectivity index (χ1n) is 5.69. The zero-order valence-corrected chi connectivity index (χ0v) is 9.91. The van der Waals surface area contributed by atoms with Gasteiger partial charge in [0.25, 0.3) is 0 Å². The lowest BCUT2D eigenvalue weighted by atomic mass is 9.74. The maximum absolute atomic E-state index is 13.3. The van der Waals surface area contributed by atoms with Crippen LogP contribution in [0.3, 0.4) is 0 Å². The Kier molecular flexibility index (Phi) is 3.03. The molecule has 0 fully saturated rings. The van der Waals surface area contributed by atoms with Gasteiger partial charge in [-0.2, -0.15) is 0 Å². The van der Waals surface area contributed by atoms with Gasteiger partial charge in [0.1, 0.15) is 5.82 Å². The Morgan fingerprint density at radius 1 is 1.41 bits per heavy atom. The van der Waals surface area contributed by atoms with Crippen molar-refractivity contribution in [1.29, 1.82) is 0 Å². The van der Waals surface area contributed by atoms with Crippen molar-refractivity contribution >= 4 is 5.69 Å². The zero-order chi connectivity index (χ0) is 12.5. The molecule has 4 N–H and O–H groups in total. The van der Waals surface area contributed by atoms with Gasteiger partial charge in [0.2, 0.25) is 0 Å². The Morgan fingerprint density at radius 3 is 2.76 bits per heavy atom. The molecule has 90 valence electrons. The van der Waals surface area contributed by atoms with Crippen LogP contribution in [-0.2, 0) is 5.41 Å². The van der Waals surface area contributed by atoms with Crippen molar-refractivity contribution in [1.82, 2.24) is 0 Å². The number of benzene rings is 1. The Bertz CT molecular complexity index is 491. The van der Waals surface area contributed by atoms with E-state index in [1.54, 1.807) is 6.07 Å². The van der Waals surface area contributed by atoms with Gasteiger partial charge in [0.05, 0.1) is 0 Å². The first-order valence-corrected chi connectivity index (χ1v) is 5.69. The van der Waals surface area contributed by atoms with E-state index in [9.17, 15) is 4.39 Å². The summed E-state index contributed by atoms with van der Waals surface area (Å²) >= 11 is 0. The molecule has 1 aromatic carbocycles. The smallest absolute Gasteiger partial charge is 0.123 e. The topological polar surface area (TPSA) is 52.0 Å². The average Bonchev–Trinajstić information content (AvgIpc) is 2.34. The summed E-state index contributed by atoms with van der Waals surface area (Å²) in [5, 5.41) is 0. The van der Waals surface area contributed by atoms with Crippen LogP contribution in [-0.4, -0.2) is 6.54 Å². The first-order chi connectivity index (χ1) is 8.07. The minimum atomic E-state index is -0.369. The molecule has 1 atom stereocenters. The second-order valence-electron chi connectivity index (χ2n) is 4.58. The molecule has 0 bridgehead atoms. The molecule has 17 heavy (non-hydrogen) atoms. The molecule has 2 nitrogen and oxygen atoms in total. The zero-order valence-electron chi connectivity index (χ0n) is 9.91. The monoisotopic (exact) mass is 232 g/mol. The van der Waals surface area contributed by atoms with Crippen LogP contribution in [0.1, 0.15) is 18.9 Å². The van der Waals surface area contributed by atoms with Crippen LogP contribution >= 0.6 is 0 Å². The van der Waals surface area contributed by atoms with Crippen LogP contribution in [0.25, 0.3) is 0 Å². The van der Waals surface area contributed by atoms with E-state index in [0.29, 0.717) is 12.2 Å². The second kappa shape index (κ2) is 4.34. The van der Waals surface area contributed by atoms with Crippen LogP contribution in [0.2, 0.25) is 0 Å². The maximum atomic E-state index is 13.3. The van der Waals surface area contributed by atoms with Crippen LogP contribution in [0.5, 0.6) is 0 Å². The number of nitrogens with two attached hydrogens (primary N) is 2. The SMILES string of the molecule is CC1=CCC(CN)(c2cc(F)ccc2N)C=C1. The van der Waals surface area contributed by atoms with Gasteiger partial charge in [0.15, 0.2) is 0 Å². The summed E-state index contributed by atoms with van der Waals surface area (Å²) in [5.74, 6) is -0.276. The summed E-state index contributed by atoms with van der Waals surface area (Å²) in [6.45, 7) is 2.45. The Balaban J connectivity index is 2.49. The molecule has 0 spiro atoms. The molecule has 0 radical (unpaired) electrons. The fraction of sp³-hybridized carbons (Fsp3) is 0.286. The van der Waals surface area contributed by atoms with Crippen LogP contribution in [0.4, 0.5) is 10.1 Å². The van der Waals surface area contributed by atoms with Gasteiger partial charge in [-0.25, -0.2) is 4.39 Å². The van der Waals surface area contributed by atoms with Gasteiger partial charge in [0, 0.05) is 17.6 Å². The molecule has 0 aromatic heterocycles. The second-order valence-corrected chi connectivity index (χ2v) is 4.58. The van der Waals surface area contributed by atoms with Gasteiger partial charge in [-0.1, -0.05) is 23.8 Å².